The van der Waals surface area contributed by atoms with Gasteiger partial charge < -0.3 is 15.6 Å². The molecule has 0 bridgehead atoms. The largest absolute Gasteiger partial charge is 0.462 e. The van der Waals surface area contributed by atoms with E-state index in [4.69, 9.17) is 27.2 Å². The minimum atomic E-state index is -0.466. The maximum atomic E-state index is 11.4. The Morgan fingerprint density at radius 1 is 1.53 bits per heavy atom. The topological polar surface area (TPSA) is 72.6 Å². The van der Waals surface area contributed by atoms with E-state index in [0.717, 1.165) is 0 Å². The van der Waals surface area contributed by atoms with Crippen molar-refractivity contribution < 1.29 is 14.6 Å². The van der Waals surface area contributed by atoms with Crippen molar-refractivity contribution in [2.45, 2.75) is 6.42 Å². The third-order valence-corrected chi connectivity index (χ3v) is 2.11. The zero-order valence-corrected chi connectivity index (χ0v) is 8.83. The number of carbonyl (C=O) groups excluding carboxylic acids is 1. The molecule has 0 saturated carbocycles. The highest BCUT2D eigenvalue weighted by Gasteiger charge is 2.08. The van der Waals surface area contributed by atoms with Gasteiger partial charge in [0.15, 0.2) is 0 Å². The third kappa shape index (κ3) is 3.42. The second-order valence-electron chi connectivity index (χ2n) is 2.95. The lowest BCUT2D eigenvalue weighted by Crippen LogP contribution is -2.07. The molecule has 82 valence electrons. The number of esters is 1. The lowest BCUT2D eigenvalue weighted by atomic mass is 10.2. The van der Waals surface area contributed by atoms with Gasteiger partial charge in [0.25, 0.3) is 0 Å². The Labute approximate surface area is 92.6 Å². The normalized spacial score (nSPS) is 10.0. The van der Waals surface area contributed by atoms with Crippen molar-refractivity contribution in [1.82, 2.24) is 0 Å². The van der Waals surface area contributed by atoms with Crippen molar-refractivity contribution in [2.24, 2.45) is 0 Å². The van der Waals surface area contributed by atoms with E-state index in [1.165, 1.54) is 6.07 Å². The summed E-state index contributed by atoms with van der Waals surface area (Å²) in [5.74, 6) is -0.466. The minimum absolute atomic E-state index is 0.00393. The molecule has 5 heteroatoms. The van der Waals surface area contributed by atoms with Gasteiger partial charge in [-0.2, -0.15) is 0 Å². The fourth-order valence-corrected chi connectivity index (χ4v) is 1.10. The van der Waals surface area contributed by atoms with Crippen LogP contribution in [0.5, 0.6) is 0 Å². The van der Waals surface area contributed by atoms with Crippen LogP contribution in [0.25, 0.3) is 0 Å². The summed E-state index contributed by atoms with van der Waals surface area (Å²) in [5, 5.41) is 8.91. The molecule has 4 nitrogen and oxygen atoms in total. The predicted molar refractivity (Wildman–Crippen MR) is 57.8 cm³/mol. The van der Waals surface area contributed by atoms with E-state index >= 15 is 0 Å². The Bertz CT molecular complexity index is 355. The number of halogens is 1. The molecule has 3 N–H and O–H groups in total. The molecular weight excluding hydrogens is 218 g/mol. The minimum Gasteiger partial charge on any atom is -0.462 e. The van der Waals surface area contributed by atoms with Gasteiger partial charge in [0.2, 0.25) is 0 Å². The number of carbonyl (C=O) groups is 1. The molecule has 0 aliphatic carbocycles. The quantitative estimate of drug-likeness (QED) is 0.466. The second-order valence-corrected chi connectivity index (χ2v) is 3.36. The van der Waals surface area contributed by atoms with E-state index < -0.39 is 5.97 Å². The van der Waals surface area contributed by atoms with Crippen LogP contribution >= 0.6 is 11.6 Å². The number of nitrogens with two attached hydrogens (primary N) is 1. The molecule has 0 radical (unpaired) electrons. The van der Waals surface area contributed by atoms with Crippen LogP contribution in [0, 0.1) is 0 Å². The molecule has 0 amide bonds. The first-order valence-electron chi connectivity index (χ1n) is 4.48. The summed E-state index contributed by atoms with van der Waals surface area (Å²) >= 11 is 5.70. The number of aliphatic hydroxyl groups is 1. The number of rotatable bonds is 4. The first-order valence-corrected chi connectivity index (χ1v) is 4.86. The molecule has 0 atom stereocenters. The van der Waals surface area contributed by atoms with Gasteiger partial charge in [-0.15, -0.1) is 0 Å². The number of hydrogen-bond donors (Lipinski definition) is 2. The van der Waals surface area contributed by atoms with Gasteiger partial charge >= 0.3 is 5.97 Å². The highest BCUT2D eigenvalue weighted by atomic mass is 35.5. The number of nitrogen functional groups attached to an aromatic ring is 1. The number of anilines is 1. The molecule has 0 aliphatic heterocycles. The Morgan fingerprint density at radius 2 is 2.27 bits per heavy atom. The van der Waals surface area contributed by atoms with E-state index in [1.807, 2.05) is 0 Å². The SMILES string of the molecule is Nc1cc(C(=O)OCCCO)ccc1Cl. The molecule has 15 heavy (non-hydrogen) atoms. The summed E-state index contributed by atoms with van der Waals surface area (Å²) in [5.41, 5.74) is 6.23. The molecule has 0 saturated heterocycles. The Kier molecular flexibility index (Phi) is 4.39. The van der Waals surface area contributed by atoms with Crippen molar-refractivity contribution in [1.29, 1.82) is 0 Å². The van der Waals surface area contributed by atoms with Gasteiger partial charge in [0.05, 0.1) is 22.9 Å². The summed E-state index contributed by atoms with van der Waals surface area (Å²) in [6.07, 6.45) is 0.425. The molecule has 1 aromatic carbocycles. The van der Waals surface area contributed by atoms with Crippen LogP contribution in [-0.2, 0) is 4.74 Å². The zero-order valence-electron chi connectivity index (χ0n) is 8.07. The van der Waals surface area contributed by atoms with Gasteiger partial charge in [-0.1, -0.05) is 11.6 Å². The number of aliphatic hydroxyl groups excluding tert-OH is 1. The molecule has 0 heterocycles. The van der Waals surface area contributed by atoms with Crippen molar-refractivity contribution >= 4 is 23.3 Å². The second kappa shape index (κ2) is 5.58. The summed E-state index contributed by atoms with van der Waals surface area (Å²) in [4.78, 5) is 11.4. The summed E-state index contributed by atoms with van der Waals surface area (Å²) in [6.45, 7) is 0.188. The first-order chi connectivity index (χ1) is 7.15. The lowest BCUT2D eigenvalue weighted by molar-refractivity contribution is 0.0482. The van der Waals surface area contributed by atoms with Gasteiger partial charge in [0, 0.05) is 13.0 Å². The van der Waals surface area contributed by atoms with Gasteiger partial charge in [-0.25, -0.2) is 4.79 Å². The van der Waals surface area contributed by atoms with Crippen LogP contribution in [-0.4, -0.2) is 24.3 Å². The number of ether oxygens (including phenoxy) is 1. The van der Waals surface area contributed by atoms with Gasteiger partial charge in [-0.3, -0.25) is 0 Å². The predicted octanol–water partition coefficient (Wildman–Crippen LogP) is 1.46. The molecular formula is C10H12ClNO3. The summed E-state index contributed by atoms with van der Waals surface area (Å²) in [7, 11) is 0. The standard InChI is InChI=1S/C10H12ClNO3/c11-8-3-2-7(6-9(8)12)10(14)15-5-1-4-13/h2-3,6,13H,1,4-5,12H2. The van der Waals surface area contributed by atoms with Crippen molar-refractivity contribution in [3.8, 4) is 0 Å². The smallest absolute Gasteiger partial charge is 0.338 e. The Morgan fingerprint density at radius 3 is 2.87 bits per heavy atom. The number of hydrogen-bond acceptors (Lipinski definition) is 4. The summed E-state index contributed by atoms with van der Waals surface area (Å²) < 4.78 is 4.87. The van der Waals surface area contributed by atoms with Crippen molar-refractivity contribution in [3.63, 3.8) is 0 Å². The number of benzene rings is 1. The van der Waals surface area contributed by atoms with E-state index in [1.54, 1.807) is 12.1 Å². The highest BCUT2D eigenvalue weighted by Crippen LogP contribution is 2.19. The van der Waals surface area contributed by atoms with Crippen LogP contribution in [0.4, 0.5) is 5.69 Å². The molecule has 1 rings (SSSR count). The van der Waals surface area contributed by atoms with Crippen molar-refractivity contribution in [2.75, 3.05) is 18.9 Å². The molecule has 0 spiro atoms. The lowest BCUT2D eigenvalue weighted by Gasteiger charge is -2.04. The highest BCUT2D eigenvalue weighted by molar-refractivity contribution is 6.33. The fourth-order valence-electron chi connectivity index (χ4n) is 0.983. The van der Waals surface area contributed by atoms with Crippen molar-refractivity contribution in [3.05, 3.63) is 28.8 Å². The maximum absolute atomic E-state index is 11.4. The van der Waals surface area contributed by atoms with Crippen LogP contribution < -0.4 is 5.73 Å². The molecule has 0 aromatic heterocycles. The van der Waals surface area contributed by atoms with E-state index in [2.05, 4.69) is 0 Å². The molecule has 1 aromatic rings. The van der Waals surface area contributed by atoms with Crippen LogP contribution in [0.3, 0.4) is 0 Å². The third-order valence-electron chi connectivity index (χ3n) is 1.77. The summed E-state index contributed by atoms with van der Waals surface area (Å²) in [6, 6.07) is 4.54. The molecule has 0 fully saturated rings. The molecule has 0 unspecified atom stereocenters. The average Bonchev–Trinajstić information content (AvgIpc) is 2.22. The van der Waals surface area contributed by atoms with Gasteiger partial charge in [-0.05, 0) is 18.2 Å². The first kappa shape index (κ1) is 11.8. The van der Waals surface area contributed by atoms with E-state index in [9.17, 15) is 4.79 Å². The Hall–Kier alpha value is -1.26. The van der Waals surface area contributed by atoms with Crippen LogP contribution in [0.2, 0.25) is 5.02 Å². The fraction of sp³-hybridized carbons (Fsp3) is 0.300. The van der Waals surface area contributed by atoms with Crippen LogP contribution in [0.15, 0.2) is 18.2 Å². The zero-order chi connectivity index (χ0) is 11.3. The van der Waals surface area contributed by atoms with E-state index in [-0.39, 0.29) is 13.2 Å². The molecule has 0 aliphatic rings. The van der Waals surface area contributed by atoms with Crippen LogP contribution in [0.1, 0.15) is 16.8 Å². The monoisotopic (exact) mass is 229 g/mol. The Balaban J connectivity index is 2.62. The maximum Gasteiger partial charge on any atom is 0.338 e. The van der Waals surface area contributed by atoms with E-state index in [0.29, 0.717) is 22.7 Å². The van der Waals surface area contributed by atoms with Gasteiger partial charge in [0.1, 0.15) is 0 Å². The average molecular weight is 230 g/mol.